The molecule has 2 saturated heterocycles. The summed E-state index contributed by atoms with van der Waals surface area (Å²) in [7, 11) is -3.55. The first-order valence-corrected chi connectivity index (χ1v) is 11.4. The van der Waals surface area contributed by atoms with Crippen molar-refractivity contribution in [1.82, 2.24) is 9.21 Å². The number of carbonyl (C=O) groups is 1. The van der Waals surface area contributed by atoms with E-state index in [1.54, 1.807) is 29.4 Å². The molecular weight excluding hydrogens is 362 g/mol. The maximum absolute atomic E-state index is 13.1. The molecule has 0 aromatic heterocycles. The highest BCUT2D eigenvalue weighted by molar-refractivity contribution is 7.89. The van der Waals surface area contributed by atoms with Crippen LogP contribution >= 0.6 is 0 Å². The fraction of sp³-hybridized carbons (Fsp3) is 0.650. The first-order valence-electron chi connectivity index (χ1n) is 9.96. The molecule has 0 aliphatic carbocycles. The molecule has 2 heterocycles. The van der Waals surface area contributed by atoms with Gasteiger partial charge in [-0.1, -0.05) is 12.5 Å². The second-order valence-electron chi connectivity index (χ2n) is 7.93. The largest absolute Gasteiger partial charge is 0.339 e. The number of benzene rings is 1. The van der Waals surface area contributed by atoms with E-state index in [0.29, 0.717) is 43.2 Å². The van der Waals surface area contributed by atoms with E-state index in [0.717, 1.165) is 32.1 Å². The van der Waals surface area contributed by atoms with E-state index in [-0.39, 0.29) is 16.8 Å². The van der Waals surface area contributed by atoms with Gasteiger partial charge < -0.3 is 10.6 Å². The summed E-state index contributed by atoms with van der Waals surface area (Å²) in [6, 6.07) is 5.20. The van der Waals surface area contributed by atoms with Gasteiger partial charge in [-0.25, -0.2) is 8.42 Å². The molecule has 0 radical (unpaired) electrons. The zero-order valence-corrected chi connectivity index (χ0v) is 17.2. The molecule has 1 aromatic rings. The van der Waals surface area contributed by atoms with Gasteiger partial charge in [0, 0.05) is 37.8 Å². The quantitative estimate of drug-likeness (QED) is 0.851. The van der Waals surface area contributed by atoms with Crippen LogP contribution in [0.25, 0.3) is 0 Å². The Labute approximate surface area is 162 Å². The van der Waals surface area contributed by atoms with Crippen molar-refractivity contribution >= 4 is 15.9 Å². The van der Waals surface area contributed by atoms with Crippen LogP contribution in [0.4, 0.5) is 0 Å². The Morgan fingerprint density at radius 3 is 2.33 bits per heavy atom. The lowest BCUT2D eigenvalue weighted by molar-refractivity contribution is 0.0680. The summed E-state index contributed by atoms with van der Waals surface area (Å²) in [6.07, 6.45) is 4.65. The van der Waals surface area contributed by atoms with Crippen molar-refractivity contribution in [2.24, 2.45) is 11.7 Å². The average molecular weight is 394 g/mol. The molecule has 6 nitrogen and oxygen atoms in total. The molecule has 2 aliphatic heterocycles. The van der Waals surface area contributed by atoms with Crippen LogP contribution in [0.2, 0.25) is 0 Å². The molecule has 1 amide bonds. The molecule has 1 unspecified atom stereocenters. The van der Waals surface area contributed by atoms with Crippen molar-refractivity contribution in [1.29, 1.82) is 0 Å². The van der Waals surface area contributed by atoms with E-state index in [1.165, 1.54) is 0 Å². The summed E-state index contributed by atoms with van der Waals surface area (Å²) >= 11 is 0. The lowest BCUT2D eigenvalue weighted by Crippen LogP contribution is -2.42. The zero-order valence-electron chi connectivity index (χ0n) is 16.4. The number of aryl methyl sites for hydroxylation is 1. The van der Waals surface area contributed by atoms with Gasteiger partial charge in [0.1, 0.15) is 0 Å². The van der Waals surface area contributed by atoms with Crippen LogP contribution < -0.4 is 5.73 Å². The van der Waals surface area contributed by atoms with Crippen LogP contribution in [0.3, 0.4) is 0 Å². The lowest BCUT2D eigenvalue weighted by atomic mass is 9.90. The van der Waals surface area contributed by atoms with Gasteiger partial charge in [0.2, 0.25) is 10.0 Å². The van der Waals surface area contributed by atoms with Crippen LogP contribution in [-0.2, 0) is 10.0 Å². The number of nitrogens with zero attached hydrogens (tertiary/aromatic N) is 2. The molecule has 1 atom stereocenters. The smallest absolute Gasteiger partial charge is 0.253 e. The van der Waals surface area contributed by atoms with Crippen molar-refractivity contribution < 1.29 is 13.2 Å². The Bertz CT molecular complexity index is 778. The first kappa shape index (κ1) is 20.3. The van der Waals surface area contributed by atoms with Crippen molar-refractivity contribution in [3.8, 4) is 0 Å². The Balaban J connectivity index is 1.80. The highest BCUT2D eigenvalue weighted by Gasteiger charge is 2.30. The third-order valence-corrected chi connectivity index (χ3v) is 7.98. The van der Waals surface area contributed by atoms with Gasteiger partial charge >= 0.3 is 0 Å². The number of rotatable bonds is 4. The standard InChI is InChI=1S/C20H31N3O3S/c1-15-6-7-18(20(24)22-12-8-17(9-13-22)16(2)21)14-19(15)27(25,26)23-10-4-3-5-11-23/h6-7,14,16-17H,3-5,8-13,21H2,1-2H3. The fourth-order valence-electron chi connectivity index (χ4n) is 4.07. The van der Waals surface area contributed by atoms with E-state index >= 15 is 0 Å². The Morgan fingerprint density at radius 1 is 1.11 bits per heavy atom. The second-order valence-corrected chi connectivity index (χ2v) is 9.84. The van der Waals surface area contributed by atoms with Gasteiger partial charge in [-0.15, -0.1) is 0 Å². The number of sulfonamides is 1. The van der Waals surface area contributed by atoms with Gasteiger partial charge in [0.05, 0.1) is 4.90 Å². The van der Waals surface area contributed by atoms with E-state index in [1.807, 2.05) is 11.8 Å². The molecule has 7 heteroatoms. The fourth-order valence-corrected chi connectivity index (χ4v) is 5.83. The van der Waals surface area contributed by atoms with Crippen molar-refractivity contribution in [2.75, 3.05) is 26.2 Å². The van der Waals surface area contributed by atoms with Gasteiger partial charge in [-0.2, -0.15) is 4.31 Å². The Kier molecular flexibility index (Phi) is 6.23. The van der Waals surface area contributed by atoms with E-state index in [4.69, 9.17) is 5.73 Å². The number of nitrogens with two attached hydrogens (primary N) is 1. The molecular formula is C20H31N3O3S. The molecule has 0 bridgehead atoms. The highest BCUT2D eigenvalue weighted by Crippen LogP contribution is 2.26. The minimum atomic E-state index is -3.55. The minimum absolute atomic E-state index is 0.0896. The van der Waals surface area contributed by atoms with Crippen LogP contribution in [0.1, 0.15) is 54.9 Å². The van der Waals surface area contributed by atoms with E-state index in [9.17, 15) is 13.2 Å². The molecule has 2 fully saturated rings. The maximum atomic E-state index is 13.1. The molecule has 3 rings (SSSR count). The summed E-state index contributed by atoms with van der Waals surface area (Å²) in [5.74, 6) is 0.357. The molecule has 1 aromatic carbocycles. The Morgan fingerprint density at radius 2 is 1.74 bits per heavy atom. The topological polar surface area (TPSA) is 83.7 Å². The summed E-state index contributed by atoms with van der Waals surface area (Å²) in [5.41, 5.74) is 7.12. The van der Waals surface area contributed by atoms with Gasteiger partial charge in [0.15, 0.2) is 0 Å². The average Bonchev–Trinajstić information content (AvgIpc) is 2.68. The van der Waals surface area contributed by atoms with E-state index in [2.05, 4.69) is 0 Å². The molecule has 0 saturated carbocycles. The molecule has 0 spiro atoms. The summed E-state index contributed by atoms with van der Waals surface area (Å²) in [5, 5.41) is 0. The van der Waals surface area contributed by atoms with Crippen molar-refractivity contribution in [3.63, 3.8) is 0 Å². The number of amides is 1. The second kappa shape index (κ2) is 8.29. The monoisotopic (exact) mass is 393 g/mol. The van der Waals surface area contributed by atoms with Crippen molar-refractivity contribution in [3.05, 3.63) is 29.3 Å². The molecule has 2 N–H and O–H groups in total. The van der Waals surface area contributed by atoms with Crippen LogP contribution in [0, 0.1) is 12.8 Å². The zero-order chi connectivity index (χ0) is 19.6. The predicted molar refractivity (Wildman–Crippen MR) is 106 cm³/mol. The summed E-state index contributed by atoms with van der Waals surface area (Å²) < 4.78 is 27.7. The molecule has 27 heavy (non-hydrogen) atoms. The van der Waals surface area contributed by atoms with Gasteiger partial charge in [-0.3, -0.25) is 4.79 Å². The third-order valence-electron chi connectivity index (χ3n) is 5.94. The maximum Gasteiger partial charge on any atom is 0.253 e. The highest BCUT2D eigenvalue weighted by atomic mass is 32.2. The third kappa shape index (κ3) is 4.36. The predicted octanol–water partition coefficient (Wildman–Crippen LogP) is 2.37. The number of hydrogen-bond acceptors (Lipinski definition) is 4. The SMILES string of the molecule is Cc1ccc(C(=O)N2CCC(C(C)N)CC2)cc1S(=O)(=O)N1CCCCC1. The normalized spacial score (nSPS) is 21.2. The number of carbonyl (C=O) groups excluding carboxylic acids is 1. The minimum Gasteiger partial charge on any atom is -0.339 e. The Hall–Kier alpha value is -1.44. The van der Waals surface area contributed by atoms with Crippen LogP contribution in [0.5, 0.6) is 0 Å². The van der Waals surface area contributed by atoms with Gasteiger partial charge in [0.25, 0.3) is 5.91 Å². The number of hydrogen-bond donors (Lipinski definition) is 1. The first-order chi connectivity index (χ1) is 12.8. The molecule has 150 valence electrons. The molecule has 2 aliphatic rings. The van der Waals surface area contributed by atoms with Gasteiger partial charge in [-0.05, 0) is 63.1 Å². The van der Waals surface area contributed by atoms with Crippen molar-refractivity contribution in [2.45, 2.75) is 56.9 Å². The van der Waals surface area contributed by atoms with E-state index < -0.39 is 10.0 Å². The number of piperidine rings is 2. The summed E-state index contributed by atoms with van der Waals surface area (Å²) in [6.45, 7) is 6.27. The summed E-state index contributed by atoms with van der Waals surface area (Å²) in [4.78, 5) is 15.0. The lowest BCUT2D eigenvalue weighted by Gasteiger charge is -2.34. The van der Waals surface area contributed by atoms with Crippen LogP contribution in [0.15, 0.2) is 23.1 Å². The number of likely N-dealkylation sites (tertiary alicyclic amines) is 1. The van der Waals surface area contributed by atoms with Crippen LogP contribution in [-0.4, -0.2) is 55.8 Å².